The van der Waals surface area contributed by atoms with Crippen molar-refractivity contribution in [2.24, 2.45) is 0 Å². The van der Waals surface area contributed by atoms with Gasteiger partial charge in [-0.05, 0) is 0 Å². The number of hydrogen-bond acceptors (Lipinski definition) is 8. The third-order valence-electron chi connectivity index (χ3n) is 3.63. The van der Waals surface area contributed by atoms with Crippen LogP contribution < -0.4 is 5.32 Å². The zero-order valence-electron chi connectivity index (χ0n) is 13.3. The van der Waals surface area contributed by atoms with Gasteiger partial charge in [-0.25, -0.2) is 8.42 Å². The number of carboxylic acid groups (broad SMARTS) is 1. The number of nitrogens with zero attached hydrogens (tertiary/aromatic N) is 1. The minimum atomic E-state index is -3.88. The number of carbonyl (C=O) groups excluding carboxylic acids is 3. The number of sulfone groups is 1. The average molecular weight is 376 g/mol. The molecule has 0 aromatic carbocycles. The van der Waals surface area contributed by atoms with E-state index in [-0.39, 0.29) is 11.3 Å². The van der Waals surface area contributed by atoms with Crippen molar-refractivity contribution in [2.75, 3.05) is 26.0 Å². The molecular weight excluding hydrogens is 360 g/mol. The lowest BCUT2D eigenvalue weighted by molar-refractivity contribution is -0.160. The van der Waals surface area contributed by atoms with Crippen LogP contribution in [-0.2, 0) is 38.5 Å². The molecule has 25 heavy (non-hydrogen) atoms. The molecule has 2 amide bonds. The lowest BCUT2D eigenvalue weighted by atomic mass is 10.0. The fourth-order valence-electron chi connectivity index (χ4n) is 2.62. The minimum absolute atomic E-state index is 0.114. The SMILES string of the molecule is CO[C@H]1C(=O)N2C(C(=O)NCC(=O)O)=C(COC(C)=O)CS(=O)(=O)[C@H]12. The van der Waals surface area contributed by atoms with Crippen LogP contribution in [0.4, 0.5) is 0 Å². The van der Waals surface area contributed by atoms with E-state index in [9.17, 15) is 27.6 Å². The zero-order valence-corrected chi connectivity index (χ0v) is 14.2. The van der Waals surface area contributed by atoms with Crippen LogP contribution in [0.3, 0.4) is 0 Å². The first-order valence-corrected chi connectivity index (χ1v) is 8.74. The van der Waals surface area contributed by atoms with Crippen LogP contribution in [0.5, 0.6) is 0 Å². The lowest BCUT2D eigenvalue weighted by Gasteiger charge is -2.48. The van der Waals surface area contributed by atoms with Crippen molar-refractivity contribution in [1.82, 2.24) is 10.2 Å². The Balaban J connectivity index is 2.44. The number of methoxy groups -OCH3 is 1. The van der Waals surface area contributed by atoms with Gasteiger partial charge in [-0.3, -0.25) is 24.1 Å². The molecule has 1 saturated heterocycles. The maximum Gasteiger partial charge on any atom is 0.322 e. The van der Waals surface area contributed by atoms with Crippen LogP contribution >= 0.6 is 0 Å². The van der Waals surface area contributed by atoms with Crippen molar-refractivity contribution in [2.45, 2.75) is 18.4 Å². The molecule has 2 rings (SSSR count). The number of β-lactam (4-membered cyclic amide) rings is 1. The van der Waals surface area contributed by atoms with Crippen molar-refractivity contribution < 1.29 is 42.2 Å². The summed E-state index contributed by atoms with van der Waals surface area (Å²) < 4.78 is 34.4. The Morgan fingerprint density at radius 2 is 2.00 bits per heavy atom. The highest BCUT2D eigenvalue weighted by Crippen LogP contribution is 2.37. The van der Waals surface area contributed by atoms with Gasteiger partial charge in [0.05, 0.1) is 5.75 Å². The Morgan fingerprint density at radius 1 is 1.36 bits per heavy atom. The predicted molar refractivity (Wildman–Crippen MR) is 79.5 cm³/mol. The highest BCUT2D eigenvalue weighted by atomic mass is 32.2. The summed E-state index contributed by atoms with van der Waals surface area (Å²) in [5.74, 6) is -4.35. The van der Waals surface area contributed by atoms with Gasteiger partial charge in [0.1, 0.15) is 18.8 Å². The van der Waals surface area contributed by atoms with E-state index in [2.05, 4.69) is 5.32 Å². The quantitative estimate of drug-likeness (QED) is 0.381. The highest BCUT2D eigenvalue weighted by Gasteiger charge is 2.60. The molecule has 0 spiro atoms. The van der Waals surface area contributed by atoms with E-state index in [0.717, 1.165) is 18.9 Å². The molecule has 11 nitrogen and oxygen atoms in total. The standard InChI is InChI=1S/C13H16N2O9S/c1-6(16)24-4-7-5-25(21,22)13-10(23-2)12(20)15(13)9(7)11(19)14-3-8(17)18/h10,13H,3-5H2,1-2H3,(H,14,19)(H,17,18)/t10-,13+/m0/s1. The molecule has 0 aliphatic carbocycles. The normalized spacial score (nSPS) is 24.2. The Morgan fingerprint density at radius 3 is 2.52 bits per heavy atom. The Hall–Kier alpha value is -2.47. The Kier molecular flexibility index (Phi) is 5.13. The third-order valence-corrected chi connectivity index (χ3v) is 5.58. The average Bonchev–Trinajstić information content (AvgIpc) is 2.50. The van der Waals surface area contributed by atoms with Gasteiger partial charge in [0.15, 0.2) is 21.3 Å². The van der Waals surface area contributed by atoms with Crippen LogP contribution in [0, 0.1) is 0 Å². The molecule has 0 saturated carbocycles. The monoisotopic (exact) mass is 376 g/mol. The topological polar surface area (TPSA) is 156 Å². The molecule has 2 aliphatic rings. The third kappa shape index (κ3) is 3.49. The Labute approximate surface area is 142 Å². The minimum Gasteiger partial charge on any atom is -0.480 e. The number of ether oxygens (including phenoxy) is 2. The first-order chi connectivity index (χ1) is 11.6. The first kappa shape index (κ1) is 18.9. The van der Waals surface area contributed by atoms with Crippen LogP contribution in [0.15, 0.2) is 11.3 Å². The molecule has 138 valence electrons. The smallest absolute Gasteiger partial charge is 0.322 e. The van der Waals surface area contributed by atoms with E-state index in [0.29, 0.717) is 0 Å². The van der Waals surface area contributed by atoms with Crippen molar-refractivity contribution in [3.63, 3.8) is 0 Å². The predicted octanol–water partition coefficient (Wildman–Crippen LogP) is -2.38. The summed E-state index contributed by atoms with van der Waals surface area (Å²) in [4.78, 5) is 46.8. The summed E-state index contributed by atoms with van der Waals surface area (Å²) in [5.41, 5.74) is -0.446. The maximum absolute atomic E-state index is 12.4. The fourth-order valence-corrected chi connectivity index (χ4v) is 4.63. The summed E-state index contributed by atoms with van der Waals surface area (Å²) >= 11 is 0. The number of aliphatic carboxylic acids is 1. The molecule has 0 aromatic rings. The molecule has 0 aromatic heterocycles. The lowest BCUT2D eigenvalue weighted by Crippen LogP contribution is -2.71. The molecule has 0 bridgehead atoms. The van der Waals surface area contributed by atoms with Gasteiger partial charge < -0.3 is 19.9 Å². The van der Waals surface area contributed by atoms with Crippen LogP contribution in [0.1, 0.15) is 6.92 Å². The number of carboxylic acids is 1. The van der Waals surface area contributed by atoms with Crippen molar-refractivity contribution in [1.29, 1.82) is 0 Å². The maximum atomic E-state index is 12.4. The molecule has 2 atom stereocenters. The van der Waals surface area contributed by atoms with Crippen LogP contribution in [0.25, 0.3) is 0 Å². The van der Waals surface area contributed by atoms with Gasteiger partial charge in [0.25, 0.3) is 11.8 Å². The highest BCUT2D eigenvalue weighted by molar-refractivity contribution is 7.92. The molecule has 2 heterocycles. The van der Waals surface area contributed by atoms with Crippen molar-refractivity contribution >= 4 is 33.6 Å². The van der Waals surface area contributed by atoms with E-state index in [1.54, 1.807) is 0 Å². The van der Waals surface area contributed by atoms with Gasteiger partial charge in [0, 0.05) is 19.6 Å². The van der Waals surface area contributed by atoms with E-state index in [1.165, 1.54) is 0 Å². The summed E-state index contributed by atoms with van der Waals surface area (Å²) in [7, 11) is -2.71. The zero-order chi connectivity index (χ0) is 18.9. The van der Waals surface area contributed by atoms with Crippen LogP contribution in [-0.4, -0.2) is 79.7 Å². The largest absolute Gasteiger partial charge is 0.480 e. The second kappa shape index (κ2) is 6.80. The summed E-state index contributed by atoms with van der Waals surface area (Å²) in [6.07, 6.45) is -1.25. The van der Waals surface area contributed by atoms with Gasteiger partial charge in [-0.2, -0.15) is 0 Å². The van der Waals surface area contributed by atoms with E-state index >= 15 is 0 Å². The number of hydrogen-bond donors (Lipinski definition) is 2. The van der Waals surface area contributed by atoms with Crippen LogP contribution in [0.2, 0.25) is 0 Å². The van der Waals surface area contributed by atoms with E-state index in [1.807, 2.05) is 0 Å². The van der Waals surface area contributed by atoms with Crippen molar-refractivity contribution in [3.05, 3.63) is 11.3 Å². The number of amides is 2. The molecule has 12 heteroatoms. The van der Waals surface area contributed by atoms with Gasteiger partial charge in [0.2, 0.25) is 0 Å². The molecule has 2 N–H and O–H groups in total. The molecular formula is C13H16N2O9S. The number of rotatable bonds is 6. The molecule has 2 aliphatic heterocycles. The number of esters is 1. The van der Waals surface area contributed by atoms with E-state index < -0.39 is 64.0 Å². The van der Waals surface area contributed by atoms with Gasteiger partial charge >= 0.3 is 11.9 Å². The Bertz CT molecular complexity index is 770. The van der Waals surface area contributed by atoms with Gasteiger partial charge in [-0.1, -0.05) is 0 Å². The first-order valence-electron chi connectivity index (χ1n) is 7.03. The summed E-state index contributed by atoms with van der Waals surface area (Å²) in [6, 6.07) is 0. The second-order valence-corrected chi connectivity index (χ2v) is 7.47. The molecule has 1 fully saturated rings. The number of carbonyl (C=O) groups is 4. The van der Waals surface area contributed by atoms with Gasteiger partial charge in [-0.15, -0.1) is 0 Å². The van der Waals surface area contributed by atoms with Crippen molar-refractivity contribution in [3.8, 4) is 0 Å². The fraction of sp³-hybridized carbons (Fsp3) is 0.538. The second-order valence-electron chi connectivity index (χ2n) is 5.37. The summed E-state index contributed by atoms with van der Waals surface area (Å²) in [6.45, 7) is -0.143. The number of fused-ring (bicyclic) bond motifs is 1. The molecule has 0 radical (unpaired) electrons. The summed E-state index contributed by atoms with van der Waals surface area (Å²) in [5, 5.41) is 9.34. The number of nitrogens with one attached hydrogen (secondary N) is 1. The van der Waals surface area contributed by atoms with E-state index in [4.69, 9.17) is 14.6 Å². The molecule has 0 unspecified atom stereocenters.